The van der Waals surface area contributed by atoms with E-state index in [1.807, 2.05) is 12.3 Å². The second-order valence-electron chi connectivity index (χ2n) is 3.64. The van der Waals surface area contributed by atoms with Gasteiger partial charge in [-0.2, -0.15) is 0 Å². The van der Waals surface area contributed by atoms with Crippen molar-refractivity contribution in [3.8, 4) is 11.3 Å². The number of nitrogens with one attached hydrogen (secondary N) is 1. The van der Waals surface area contributed by atoms with Gasteiger partial charge in [0.05, 0.1) is 0 Å². The Hall–Kier alpha value is -1.97. The lowest BCUT2D eigenvalue weighted by Gasteiger charge is -2.09. The van der Waals surface area contributed by atoms with Crippen LogP contribution in [0.4, 0.5) is 0 Å². The number of aromatic nitrogens is 1. The van der Waals surface area contributed by atoms with E-state index in [0.717, 1.165) is 29.7 Å². The number of aryl methyl sites for hydroxylation is 2. The Morgan fingerprint density at radius 3 is 3.13 bits per heavy atom. The number of H-pyrrole nitrogens is 1. The first kappa shape index (κ1) is 8.35. The number of furan rings is 1. The van der Waals surface area contributed by atoms with E-state index in [1.54, 1.807) is 6.07 Å². The van der Waals surface area contributed by atoms with Crippen molar-refractivity contribution in [3.05, 3.63) is 35.3 Å². The summed E-state index contributed by atoms with van der Waals surface area (Å²) in [4.78, 5) is 13.9. The van der Waals surface area contributed by atoms with E-state index in [0.29, 0.717) is 5.76 Å². The number of fused-ring (bicyclic) bond motifs is 3. The Labute approximate surface area is 85.5 Å². The Morgan fingerprint density at radius 2 is 2.33 bits per heavy atom. The molecule has 4 heteroatoms. The van der Waals surface area contributed by atoms with Crippen molar-refractivity contribution < 1.29 is 14.3 Å². The van der Waals surface area contributed by atoms with Crippen LogP contribution in [0.2, 0.25) is 0 Å². The van der Waals surface area contributed by atoms with Crippen LogP contribution >= 0.6 is 0 Å². The second kappa shape index (κ2) is 2.76. The number of hydrogen-bond donors (Lipinski definition) is 2. The highest BCUT2D eigenvalue weighted by Gasteiger charge is 2.23. The third-order valence-corrected chi connectivity index (χ3v) is 2.74. The number of carbonyl (C=O) groups is 1. The zero-order valence-electron chi connectivity index (χ0n) is 7.91. The summed E-state index contributed by atoms with van der Waals surface area (Å²) >= 11 is 0. The van der Waals surface area contributed by atoms with Gasteiger partial charge in [-0.15, -0.1) is 0 Å². The Kier molecular flexibility index (Phi) is 1.54. The minimum absolute atomic E-state index is 0.0223. The van der Waals surface area contributed by atoms with Crippen molar-refractivity contribution in [2.24, 2.45) is 0 Å². The molecule has 0 saturated carbocycles. The number of carboxylic acids is 1. The number of rotatable bonds is 1. The van der Waals surface area contributed by atoms with E-state index in [9.17, 15) is 4.79 Å². The van der Waals surface area contributed by atoms with E-state index in [4.69, 9.17) is 9.52 Å². The predicted molar refractivity (Wildman–Crippen MR) is 52.9 cm³/mol. The fourth-order valence-electron chi connectivity index (χ4n) is 2.03. The lowest BCUT2D eigenvalue weighted by molar-refractivity contribution is 0.0663. The SMILES string of the molecule is O=C(O)c1cc2c(o1)-c1cc[nH]c1CC2. The Bertz CT molecular complexity index is 536. The molecule has 2 heterocycles. The van der Waals surface area contributed by atoms with E-state index < -0.39 is 5.97 Å². The molecule has 0 aromatic carbocycles. The average Bonchev–Trinajstić information content (AvgIpc) is 2.82. The molecule has 2 aromatic rings. The van der Waals surface area contributed by atoms with Crippen molar-refractivity contribution in [1.82, 2.24) is 4.98 Å². The molecule has 0 unspecified atom stereocenters. The fourth-order valence-corrected chi connectivity index (χ4v) is 2.03. The quantitative estimate of drug-likeness (QED) is 0.745. The molecule has 0 fully saturated rings. The van der Waals surface area contributed by atoms with Gasteiger partial charge in [-0.25, -0.2) is 4.79 Å². The smallest absolute Gasteiger partial charge is 0.371 e. The summed E-state index contributed by atoms with van der Waals surface area (Å²) in [6.45, 7) is 0. The van der Waals surface area contributed by atoms with E-state index in [1.165, 1.54) is 0 Å². The summed E-state index contributed by atoms with van der Waals surface area (Å²) in [5, 5.41) is 8.83. The van der Waals surface area contributed by atoms with Crippen LogP contribution < -0.4 is 0 Å². The summed E-state index contributed by atoms with van der Waals surface area (Å²) in [6, 6.07) is 3.54. The number of aromatic carboxylic acids is 1. The Morgan fingerprint density at radius 1 is 1.47 bits per heavy atom. The molecule has 2 N–H and O–H groups in total. The minimum atomic E-state index is -1.01. The van der Waals surface area contributed by atoms with Crippen LogP contribution in [0.5, 0.6) is 0 Å². The number of aromatic amines is 1. The standard InChI is InChI=1S/C11H9NO3/c13-11(14)9-5-6-1-2-8-7(3-4-12-8)10(6)15-9/h3-5,12H,1-2H2,(H,13,14). The largest absolute Gasteiger partial charge is 0.475 e. The molecule has 3 rings (SSSR count). The first-order valence-corrected chi connectivity index (χ1v) is 4.78. The molecule has 1 aliphatic rings. The van der Waals surface area contributed by atoms with Gasteiger partial charge < -0.3 is 14.5 Å². The molecule has 0 amide bonds. The molecule has 0 saturated heterocycles. The molecule has 0 radical (unpaired) electrons. The first-order valence-electron chi connectivity index (χ1n) is 4.78. The minimum Gasteiger partial charge on any atom is -0.475 e. The average molecular weight is 203 g/mol. The summed E-state index contributed by atoms with van der Waals surface area (Å²) in [5.41, 5.74) is 3.09. The molecule has 15 heavy (non-hydrogen) atoms. The second-order valence-corrected chi connectivity index (χ2v) is 3.64. The molecule has 76 valence electrons. The van der Waals surface area contributed by atoms with Gasteiger partial charge in [-0.3, -0.25) is 0 Å². The van der Waals surface area contributed by atoms with Gasteiger partial charge in [-0.1, -0.05) is 0 Å². The van der Waals surface area contributed by atoms with E-state index >= 15 is 0 Å². The van der Waals surface area contributed by atoms with Gasteiger partial charge in [-0.05, 0) is 30.5 Å². The highest BCUT2D eigenvalue weighted by molar-refractivity contribution is 5.86. The zero-order chi connectivity index (χ0) is 10.4. The summed E-state index contributed by atoms with van der Waals surface area (Å²) < 4.78 is 5.33. The van der Waals surface area contributed by atoms with Crippen molar-refractivity contribution >= 4 is 5.97 Å². The van der Waals surface area contributed by atoms with Gasteiger partial charge in [0.2, 0.25) is 5.76 Å². The van der Waals surface area contributed by atoms with Crippen LogP contribution in [0.25, 0.3) is 11.3 Å². The molecule has 2 aromatic heterocycles. The van der Waals surface area contributed by atoms with Crippen molar-refractivity contribution in [1.29, 1.82) is 0 Å². The lowest BCUT2D eigenvalue weighted by atomic mass is 9.97. The third-order valence-electron chi connectivity index (χ3n) is 2.74. The highest BCUT2D eigenvalue weighted by Crippen LogP contribution is 2.34. The zero-order valence-corrected chi connectivity index (χ0v) is 7.91. The molecular formula is C11H9NO3. The molecule has 0 spiro atoms. The van der Waals surface area contributed by atoms with Crippen LogP contribution in [0.3, 0.4) is 0 Å². The highest BCUT2D eigenvalue weighted by atomic mass is 16.4. The van der Waals surface area contributed by atoms with E-state index in [-0.39, 0.29) is 5.76 Å². The van der Waals surface area contributed by atoms with Gasteiger partial charge in [0, 0.05) is 17.5 Å². The van der Waals surface area contributed by atoms with Crippen LogP contribution in [0.15, 0.2) is 22.7 Å². The normalized spacial score (nSPS) is 13.3. The lowest BCUT2D eigenvalue weighted by Crippen LogP contribution is -1.99. The monoisotopic (exact) mass is 203 g/mol. The van der Waals surface area contributed by atoms with Gasteiger partial charge in [0.1, 0.15) is 5.76 Å². The van der Waals surface area contributed by atoms with Crippen molar-refractivity contribution in [2.45, 2.75) is 12.8 Å². The van der Waals surface area contributed by atoms with Gasteiger partial charge >= 0.3 is 5.97 Å². The number of hydrogen-bond acceptors (Lipinski definition) is 2. The molecule has 0 aliphatic heterocycles. The van der Waals surface area contributed by atoms with Crippen LogP contribution in [-0.4, -0.2) is 16.1 Å². The summed E-state index contributed by atoms with van der Waals surface area (Å²) in [7, 11) is 0. The maximum atomic E-state index is 10.8. The predicted octanol–water partition coefficient (Wildman–Crippen LogP) is 2.07. The topological polar surface area (TPSA) is 66.2 Å². The van der Waals surface area contributed by atoms with Gasteiger partial charge in [0.25, 0.3) is 0 Å². The van der Waals surface area contributed by atoms with Crippen LogP contribution in [0.1, 0.15) is 21.8 Å². The Balaban J connectivity index is 2.20. The first-order chi connectivity index (χ1) is 7.25. The van der Waals surface area contributed by atoms with Gasteiger partial charge in [0.15, 0.2) is 0 Å². The fraction of sp³-hybridized carbons (Fsp3) is 0.182. The third kappa shape index (κ3) is 1.11. The summed E-state index contributed by atoms with van der Waals surface area (Å²) in [5.74, 6) is -0.287. The molecular weight excluding hydrogens is 194 g/mol. The molecule has 0 atom stereocenters. The van der Waals surface area contributed by atoms with Crippen molar-refractivity contribution in [2.75, 3.05) is 0 Å². The van der Waals surface area contributed by atoms with Crippen molar-refractivity contribution in [3.63, 3.8) is 0 Å². The van der Waals surface area contributed by atoms with Crippen LogP contribution in [0, 0.1) is 0 Å². The molecule has 4 nitrogen and oxygen atoms in total. The van der Waals surface area contributed by atoms with Crippen LogP contribution in [-0.2, 0) is 12.8 Å². The van der Waals surface area contributed by atoms with E-state index in [2.05, 4.69) is 4.98 Å². The number of carboxylic acid groups (broad SMARTS) is 1. The maximum absolute atomic E-state index is 10.8. The summed E-state index contributed by atoms with van der Waals surface area (Å²) in [6.07, 6.45) is 3.59. The molecule has 1 aliphatic carbocycles. The maximum Gasteiger partial charge on any atom is 0.371 e. The molecule has 0 bridgehead atoms.